The van der Waals surface area contributed by atoms with Gasteiger partial charge >= 0.3 is 0 Å². The van der Waals surface area contributed by atoms with Gasteiger partial charge in [0.05, 0.1) is 0 Å². The van der Waals surface area contributed by atoms with Gasteiger partial charge < -0.3 is 10.4 Å². The van der Waals surface area contributed by atoms with E-state index in [-0.39, 0.29) is 0 Å². The van der Waals surface area contributed by atoms with Gasteiger partial charge in [-0.15, -0.1) is 0 Å². The van der Waals surface area contributed by atoms with E-state index in [0.29, 0.717) is 17.8 Å². The first-order valence-electron chi connectivity index (χ1n) is 6.20. The molecule has 1 aromatic rings. The molecule has 0 heterocycles. The fourth-order valence-electron chi connectivity index (χ4n) is 2.57. The molecule has 1 aliphatic rings. The third-order valence-corrected chi connectivity index (χ3v) is 3.57. The van der Waals surface area contributed by atoms with Crippen molar-refractivity contribution in [2.24, 2.45) is 5.92 Å². The van der Waals surface area contributed by atoms with Crippen LogP contribution in [0.4, 0.5) is 0 Å². The summed E-state index contributed by atoms with van der Waals surface area (Å²) in [4.78, 5) is 0. The number of hydrogen-bond acceptors (Lipinski definition) is 2. The monoisotopic (exact) mass is 219 g/mol. The van der Waals surface area contributed by atoms with Gasteiger partial charge in [-0.05, 0) is 49.8 Å². The lowest BCUT2D eigenvalue weighted by Crippen LogP contribution is -2.29. The van der Waals surface area contributed by atoms with Crippen LogP contribution in [0.5, 0.6) is 5.75 Å². The molecule has 0 amide bonds. The second-order valence-electron chi connectivity index (χ2n) is 5.10. The first-order chi connectivity index (χ1) is 7.65. The summed E-state index contributed by atoms with van der Waals surface area (Å²) in [5, 5.41) is 12.9. The molecular formula is C14H21NO. The third-order valence-electron chi connectivity index (χ3n) is 3.57. The summed E-state index contributed by atoms with van der Waals surface area (Å²) >= 11 is 0. The molecule has 1 saturated carbocycles. The summed E-state index contributed by atoms with van der Waals surface area (Å²) in [5.74, 6) is 1.20. The molecular weight excluding hydrogens is 198 g/mol. The van der Waals surface area contributed by atoms with Gasteiger partial charge in [0.1, 0.15) is 5.75 Å². The Hall–Kier alpha value is -1.02. The van der Waals surface area contributed by atoms with Crippen LogP contribution >= 0.6 is 0 Å². The van der Waals surface area contributed by atoms with E-state index in [1.165, 1.54) is 24.8 Å². The zero-order valence-corrected chi connectivity index (χ0v) is 10.1. The lowest BCUT2D eigenvalue weighted by Gasteiger charge is -2.19. The van der Waals surface area contributed by atoms with Gasteiger partial charge in [0.2, 0.25) is 0 Å². The Morgan fingerprint density at radius 3 is 2.50 bits per heavy atom. The highest BCUT2D eigenvalue weighted by molar-refractivity contribution is 5.27. The maximum absolute atomic E-state index is 9.24. The predicted octanol–water partition coefficient (Wildman–Crippen LogP) is 3.23. The molecule has 0 aliphatic heterocycles. The van der Waals surface area contributed by atoms with Gasteiger partial charge in [-0.1, -0.05) is 19.1 Å². The highest BCUT2D eigenvalue weighted by Crippen LogP contribution is 2.27. The van der Waals surface area contributed by atoms with E-state index in [1.807, 2.05) is 12.1 Å². The molecule has 0 saturated heterocycles. The Morgan fingerprint density at radius 1 is 1.25 bits per heavy atom. The first-order valence-corrected chi connectivity index (χ1v) is 6.20. The standard InChI is InChI=1S/C14H21NO/c1-10-3-6-13(9-10)15-11(2)12-4-7-14(16)8-5-12/h4-5,7-8,10-11,13,15-16H,3,6,9H2,1-2H3. The van der Waals surface area contributed by atoms with E-state index in [2.05, 4.69) is 19.2 Å². The fraction of sp³-hybridized carbons (Fsp3) is 0.571. The van der Waals surface area contributed by atoms with E-state index < -0.39 is 0 Å². The highest BCUT2D eigenvalue weighted by atomic mass is 16.3. The summed E-state index contributed by atoms with van der Waals surface area (Å²) < 4.78 is 0. The summed E-state index contributed by atoms with van der Waals surface area (Å²) in [6.45, 7) is 4.52. The van der Waals surface area contributed by atoms with Crippen molar-refractivity contribution >= 4 is 0 Å². The molecule has 16 heavy (non-hydrogen) atoms. The Morgan fingerprint density at radius 2 is 1.94 bits per heavy atom. The summed E-state index contributed by atoms with van der Waals surface area (Å²) in [7, 11) is 0. The predicted molar refractivity (Wildman–Crippen MR) is 66.5 cm³/mol. The molecule has 88 valence electrons. The minimum Gasteiger partial charge on any atom is -0.508 e. The number of hydrogen-bond donors (Lipinski definition) is 2. The molecule has 0 spiro atoms. The zero-order chi connectivity index (χ0) is 11.5. The molecule has 3 unspecified atom stereocenters. The number of nitrogens with one attached hydrogen (secondary N) is 1. The Labute approximate surface area is 97.7 Å². The Bertz CT molecular complexity index is 333. The van der Waals surface area contributed by atoms with Gasteiger partial charge in [-0.25, -0.2) is 0 Å². The van der Waals surface area contributed by atoms with Crippen LogP contribution in [0.25, 0.3) is 0 Å². The lowest BCUT2D eigenvalue weighted by atomic mass is 10.1. The van der Waals surface area contributed by atoms with Crippen LogP contribution in [0.15, 0.2) is 24.3 Å². The van der Waals surface area contributed by atoms with Crippen molar-refractivity contribution < 1.29 is 5.11 Å². The van der Waals surface area contributed by atoms with Crippen LogP contribution in [0.1, 0.15) is 44.7 Å². The average Bonchev–Trinajstić information content (AvgIpc) is 2.65. The molecule has 2 heteroatoms. The summed E-state index contributed by atoms with van der Waals surface area (Å²) in [5.41, 5.74) is 1.25. The average molecular weight is 219 g/mol. The molecule has 1 aliphatic carbocycles. The quantitative estimate of drug-likeness (QED) is 0.818. The number of phenols is 1. The van der Waals surface area contributed by atoms with Crippen LogP contribution in [0.2, 0.25) is 0 Å². The second-order valence-corrected chi connectivity index (χ2v) is 5.10. The second kappa shape index (κ2) is 4.88. The van der Waals surface area contributed by atoms with Crippen LogP contribution in [-0.4, -0.2) is 11.1 Å². The number of phenolic OH excluding ortho intramolecular Hbond substituents is 1. The van der Waals surface area contributed by atoms with Gasteiger partial charge in [0, 0.05) is 12.1 Å². The van der Waals surface area contributed by atoms with Gasteiger partial charge in [0.25, 0.3) is 0 Å². The van der Waals surface area contributed by atoms with Crippen LogP contribution in [-0.2, 0) is 0 Å². The number of rotatable bonds is 3. The minimum atomic E-state index is 0.338. The Balaban J connectivity index is 1.92. The third kappa shape index (κ3) is 2.76. The van der Waals surface area contributed by atoms with Crippen molar-refractivity contribution in [3.05, 3.63) is 29.8 Å². The molecule has 0 aromatic heterocycles. The maximum Gasteiger partial charge on any atom is 0.115 e. The van der Waals surface area contributed by atoms with Crippen LogP contribution in [0.3, 0.4) is 0 Å². The molecule has 2 nitrogen and oxygen atoms in total. The molecule has 0 bridgehead atoms. The van der Waals surface area contributed by atoms with Crippen molar-refractivity contribution in [2.75, 3.05) is 0 Å². The van der Waals surface area contributed by atoms with E-state index in [1.54, 1.807) is 12.1 Å². The summed E-state index contributed by atoms with van der Waals surface area (Å²) in [6.07, 6.45) is 3.94. The van der Waals surface area contributed by atoms with Crippen molar-refractivity contribution in [1.82, 2.24) is 5.32 Å². The maximum atomic E-state index is 9.24. The number of aromatic hydroxyl groups is 1. The highest BCUT2D eigenvalue weighted by Gasteiger charge is 2.22. The van der Waals surface area contributed by atoms with Gasteiger partial charge in [0.15, 0.2) is 0 Å². The SMILES string of the molecule is CC1CCC(NC(C)c2ccc(O)cc2)C1. The van der Waals surface area contributed by atoms with Crippen molar-refractivity contribution in [3.8, 4) is 5.75 Å². The van der Waals surface area contributed by atoms with Crippen molar-refractivity contribution in [2.45, 2.75) is 45.2 Å². The topological polar surface area (TPSA) is 32.3 Å². The first kappa shape index (κ1) is 11.5. The molecule has 2 N–H and O–H groups in total. The van der Waals surface area contributed by atoms with E-state index in [4.69, 9.17) is 0 Å². The molecule has 2 rings (SSSR count). The molecule has 3 atom stereocenters. The summed E-state index contributed by atoms with van der Waals surface area (Å²) in [6, 6.07) is 8.53. The van der Waals surface area contributed by atoms with E-state index in [9.17, 15) is 5.11 Å². The molecule has 0 radical (unpaired) electrons. The van der Waals surface area contributed by atoms with Crippen molar-refractivity contribution in [3.63, 3.8) is 0 Å². The zero-order valence-electron chi connectivity index (χ0n) is 10.1. The lowest BCUT2D eigenvalue weighted by molar-refractivity contribution is 0.447. The van der Waals surface area contributed by atoms with Crippen molar-refractivity contribution in [1.29, 1.82) is 0 Å². The minimum absolute atomic E-state index is 0.338. The Kier molecular flexibility index (Phi) is 3.49. The van der Waals surface area contributed by atoms with Gasteiger partial charge in [-0.2, -0.15) is 0 Å². The molecule has 1 fully saturated rings. The van der Waals surface area contributed by atoms with Gasteiger partial charge in [-0.3, -0.25) is 0 Å². The number of benzene rings is 1. The fourth-order valence-corrected chi connectivity index (χ4v) is 2.57. The van der Waals surface area contributed by atoms with Crippen LogP contribution in [0, 0.1) is 5.92 Å². The van der Waals surface area contributed by atoms with E-state index >= 15 is 0 Å². The van der Waals surface area contributed by atoms with Crippen LogP contribution < -0.4 is 5.32 Å². The van der Waals surface area contributed by atoms with E-state index in [0.717, 1.165) is 5.92 Å². The smallest absolute Gasteiger partial charge is 0.115 e. The molecule has 1 aromatic carbocycles. The largest absolute Gasteiger partial charge is 0.508 e. The normalized spacial score (nSPS) is 26.9.